The quantitative estimate of drug-likeness (QED) is 0.222. The fraction of sp³-hybridized carbons (Fsp3) is 0.192. The van der Waals surface area contributed by atoms with Gasteiger partial charge in [-0.1, -0.05) is 65.8 Å². The highest BCUT2D eigenvalue weighted by Crippen LogP contribution is 2.28. The number of aromatic nitrogens is 3. The van der Waals surface area contributed by atoms with Gasteiger partial charge in [0.05, 0.1) is 5.75 Å². The Hall–Kier alpha value is -3.29. The second-order valence-corrected chi connectivity index (χ2v) is 9.15. The number of anilines is 1. The van der Waals surface area contributed by atoms with Crippen molar-refractivity contribution in [3.05, 3.63) is 89.2 Å². The van der Waals surface area contributed by atoms with Crippen molar-refractivity contribution in [3.8, 4) is 5.75 Å². The van der Waals surface area contributed by atoms with Gasteiger partial charge in [-0.25, -0.2) is 0 Å². The van der Waals surface area contributed by atoms with Crippen molar-refractivity contribution in [1.29, 1.82) is 0 Å². The molecule has 4 aromatic rings. The summed E-state index contributed by atoms with van der Waals surface area (Å²) in [6.45, 7) is 8.57. The number of ether oxygens (including phenoxy) is 1. The Morgan fingerprint density at radius 3 is 2.79 bits per heavy atom. The lowest BCUT2D eigenvalue weighted by Gasteiger charge is -2.12. The number of thioether (sulfide) groups is 1. The molecule has 34 heavy (non-hydrogen) atoms. The van der Waals surface area contributed by atoms with Gasteiger partial charge in [0.2, 0.25) is 5.91 Å². The Morgan fingerprint density at radius 1 is 1.18 bits per heavy atom. The molecular formula is C26H25ClN4O2S. The highest BCUT2D eigenvalue weighted by atomic mass is 35.5. The molecule has 8 heteroatoms. The minimum absolute atomic E-state index is 0.150. The zero-order chi connectivity index (χ0) is 24.1. The van der Waals surface area contributed by atoms with E-state index in [1.165, 1.54) is 17.1 Å². The van der Waals surface area contributed by atoms with Gasteiger partial charge >= 0.3 is 0 Å². The van der Waals surface area contributed by atoms with Crippen LogP contribution in [0.25, 0.3) is 10.8 Å². The van der Waals surface area contributed by atoms with E-state index in [2.05, 4.69) is 34.2 Å². The van der Waals surface area contributed by atoms with E-state index in [4.69, 9.17) is 16.3 Å². The van der Waals surface area contributed by atoms with Crippen LogP contribution in [0, 0.1) is 13.8 Å². The first-order valence-electron chi connectivity index (χ1n) is 10.8. The van der Waals surface area contributed by atoms with Gasteiger partial charge in [0.25, 0.3) is 0 Å². The van der Waals surface area contributed by atoms with E-state index in [-0.39, 0.29) is 18.3 Å². The Morgan fingerprint density at radius 2 is 2.00 bits per heavy atom. The van der Waals surface area contributed by atoms with Crippen LogP contribution in [0.4, 0.5) is 5.69 Å². The molecule has 0 saturated carbocycles. The molecule has 1 amide bonds. The van der Waals surface area contributed by atoms with Gasteiger partial charge in [0.15, 0.2) is 11.0 Å². The van der Waals surface area contributed by atoms with Crippen molar-refractivity contribution in [2.45, 2.75) is 32.2 Å². The van der Waals surface area contributed by atoms with Gasteiger partial charge in [-0.15, -0.1) is 16.8 Å². The zero-order valence-electron chi connectivity index (χ0n) is 19.0. The number of rotatable bonds is 9. The number of benzene rings is 3. The van der Waals surface area contributed by atoms with Crippen molar-refractivity contribution in [3.63, 3.8) is 0 Å². The third-order valence-corrected chi connectivity index (χ3v) is 6.77. The summed E-state index contributed by atoms with van der Waals surface area (Å²) in [5.74, 6) is 1.51. The fourth-order valence-corrected chi connectivity index (χ4v) is 4.50. The molecule has 174 valence electrons. The third kappa shape index (κ3) is 5.43. The summed E-state index contributed by atoms with van der Waals surface area (Å²) in [5, 5.41) is 15.0. The molecular weight excluding hydrogens is 468 g/mol. The summed E-state index contributed by atoms with van der Waals surface area (Å²) in [7, 11) is 0. The predicted molar refractivity (Wildman–Crippen MR) is 139 cm³/mol. The monoisotopic (exact) mass is 492 g/mol. The van der Waals surface area contributed by atoms with Crippen molar-refractivity contribution in [2.75, 3.05) is 11.1 Å². The summed E-state index contributed by atoms with van der Waals surface area (Å²) in [6, 6.07) is 17.7. The number of hydrogen-bond donors (Lipinski definition) is 1. The van der Waals surface area contributed by atoms with E-state index in [1.54, 1.807) is 12.1 Å². The molecule has 0 saturated heterocycles. The average Bonchev–Trinajstić information content (AvgIpc) is 3.21. The fourth-order valence-electron chi connectivity index (χ4n) is 3.55. The number of halogens is 1. The maximum atomic E-state index is 12.4. The number of carbonyl (C=O) groups is 1. The highest BCUT2D eigenvalue weighted by molar-refractivity contribution is 7.99. The number of hydrogen-bond acceptors (Lipinski definition) is 5. The lowest BCUT2D eigenvalue weighted by atomic mass is 10.0. The minimum atomic E-state index is -0.150. The Bertz CT molecular complexity index is 1350. The van der Waals surface area contributed by atoms with E-state index < -0.39 is 0 Å². The lowest BCUT2D eigenvalue weighted by molar-refractivity contribution is -0.113. The topological polar surface area (TPSA) is 69.0 Å². The number of fused-ring (bicyclic) bond motifs is 1. The first kappa shape index (κ1) is 23.9. The van der Waals surface area contributed by atoms with Crippen LogP contribution in [0.5, 0.6) is 5.75 Å². The first-order chi connectivity index (χ1) is 16.5. The van der Waals surface area contributed by atoms with Gasteiger partial charge < -0.3 is 10.1 Å². The van der Waals surface area contributed by atoms with Gasteiger partial charge in [0.1, 0.15) is 12.4 Å². The molecule has 0 bridgehead atoms. The van der Waals surface area contributed by atoms with Gasteiger partial charge in [-0.3, -0.25) is 9.36 Å². The maximum absolute atomic E-state index is 12.4. The van der Waals surface area contributed by atoms with Crippen LogP contribution in [0.15, 0.2) is 72.4 Å². The Labute approximate surface area is 208 Å². The molecule has 3 aromatic carbocycles. The summed E-state index contributed by atoms with van der Waals surface area (Å²) in [4.78, 5) is 12.4. The molecule has 0 unspecified atom stereocenters. The molecule has 0 aliphatic carbocycles. The largest absolute Gasteiger partial charge is 0.485 e. The predicted octanol–water partition coefficient (Wildman–Crippen LogP) is 6.20. The van der Waals surface area contributed by atoms with E-state index in [1.807, 2.05) is 54.8 Å². The Balaban J connectivity index is 1.42. The molecule has 0 aliphatic rings. The number of carbonyl (C=O) groups excluding carboxylic acids is 1. The molecule has 0 fully saturated rings. The van der Waals surface area contributed by atoms with Gasteiger partial charge in [0, 0.05) is 17.3 Å². The SMILES string of the molecule is C=CCn1c(COc2ccc3ccccc3c2C)nnc1SCC(=O)Nc1ccc(C)c(Cl)c1. The summed E-state index contributed by atoms with van der Waals surface area (Å²) in [5.41, 5.74) is 2.70. The van der Waals surface area contributed by atoms with Crippen molar-refractivity contribution in [2.24, 2.45) is 0 Å². The van der Waals surface area contributed by atoms with E-state index in [9.17, 15) is 4.79 Å². The molecule has 6 nitrogen and oxygen atoms in total. The molecule has 1 aromatic heterocycles. The highest BCUT2D eigenvalue weighted by Gasteiger charge is 2.15. The Kier molecular flexibility index (Phi) is 7.55. The van der Waals surface area contributed by atoms with E-state index in [0.29, 0.717) is 28.2 Å². The molecule has 1 heterocycles. The average molecular weight is 493 g/mol. The molecule has 0 atom stereocenters. The molecule has 1 N–H and O–H groups in total. The lowest BCUT2D eigenvalue weighted by Crippen LogP contribution is -2.15. The zero-order valence-corrected chi connectivity index (χ0v) is 20.6. The number of allylic oxidation sites excluding steroid dienone is 1. The number of aryl methyl sites for hydroxylation is 2. The summed E-state index contributed by atoms with van der Waals surface area (Å²) < 4.78 is 8.00. The second kappa shape index (κ2) is 10.8. The maximum Gasteiger partial charge on any atom is 0.234 e. The third-order valence-electron chi connectivity index (χ3n) is 5.40. The summed E-state index contributed by atoms with van der Waals surface area (Å²) >= 11 is 7.45. The van der Waals surface area contributed by atoms with E-state index in [0.717, 1.165) is 22.3 Å². The number of amides is 1. The number of nitrogens with one attached hydrogen (secondary N) is 1. The number of nitrogens with zero attached hydrogens (tertiary/aromatic N) is 3. The van der Waals surface area contributed by atoms with E-state index >= 15 is 0 Å². The normalized spacial score (nSPS) is 10.9. The van der Waals surface area contributed by atoms with Gasteiger partial charge in [-0.05, 0) is 53.9 Å². The summed E-state index contributed by atoms with van der Waals surface area (Å²) in [6.07, 6.45) is 1.77. The van der Waals surface area contributed by atoms with Crippen LogP contribution in [0.2, 0.25) is 5.02 Å². The molecule has 0 spiro atoms. The van der Waals surface area contributed by atoms with Crippen molar-refractivity contribution < 1.29 is 9.53 Å². The van der Waals surface area contributed by atoms with Gasteiger partial charge in [-0.2, -0.15) is 0 Å². The van der Waals surface area contributed by atoms with Crippen molar-refractivity contribution in [1.82, 2.24) is 14.8 Å². The standard InChI is InChI=1S/C26H25ClN4O2S/c1-4-13-31-24(15-33-23-12-10-19-7-5-6-8-21(19)18(23)3)29-30-26(31)34-16-25(32)28-20-11-9-17(2)22(27)14-20/h4-12,14H,1,13,15-16H2,2-3H3,(H,28,32). The molecule has 4 rings (SSSR count). The smallest absolute Gasteiger partial charge is 0.234 e. The van der Waals surface area contributed by atoms with Crippen molar-refractivity contribution >= 4 is 45.7 Å². The van der Waals surface area contributed by atoms with Crippen LogP contribution in [0.3, 0.4) is 0 Å². The van der Waals surface area contributed by atoms with Crippen LogP contribution in [0.1, 0.15) is 17.0 Å². The minimum Gasteiger partial charge on any atom is -0.485 e. The van der Waals surface area contributed by atoms with Crippen LogP contribution < -0.4 is 10.1 Å². The van der Waals surface area contributed by atoms with Crippen LogP contribution in [-0.2, 0) is 17.9 Å². The second-order valence-electron chi connectivity index (χ2n) is 7.80. The first-order valence-corrected chi connectivity index (χ1v) is 12.2. The molecule has 0 radical (unpaired) electrons. The van der Waals surface area contributed by atoms with Crippen LogP contribution in [-0.4, -0.2) is 26.4 Å². The molecule has 0 aliphatic heterocycles. The van der Waals surface area contributed by atoms with Crippen LogP contribution >= 0.6 is 23.4 Å².